The summed E-state index contributed by atoms with van der Waals surface area (Å²) in [6, 6.07) is 0. The van der Waals surface area contributed by atoms with E-state index in [2.05, 4.69) is 32.4 Å². The van der Waals surface area contributed by atoms with E-state index in [-0.39, 0.29) is 5.91 Å². The number of likely N-dealkylation sites (tertiary alicyclic amines) is 1. The molecule has 2 N–H and O–H groups in total. The molecule has 1 aliphatic heterocycles. The number of nitrogens with one attached hydrogen (secondary N) is 2. The first-order valence-electron chi connectivity index (χ1n) is 7.15. The molecule has 1 fully saturated rings. The van der Waals surface area contributed by atoms with Crippen molar-refractivity contribution in [3.8, 4) is 0 Å². The molecule has 0 aromatic carbocycles. The Labute approximate surface area is 120 Å². The van der Waals surface area contributed by atoms with Gasteiger partial charge in [0.1, 0.15) is 5.82 Å². The number of carbonyl (C=O) groups is 1. The number of piperidine rings is 1. The van der Waals surface area contributed by atoms with Crippen LogP contribution in [0, 0.1) is 5.92 Å². The summed E-state index contributed by atoms with van der Waals surface area (Å²) >= 11 is 0. The lowest BCUT2D eigenvalue weighted by molar-refractivity contribution is -0.117. The smallest absolute Gasteiger partial charge is 0.238 e. The van der Waals surface area contributed by atoms with Gasteiger partial charge in [0, 0.05) is 0 Å². The van der Waals surface area contributed by atoms with Crippen LogP contribution in [0.5, 0.6) is 0 Å². The Morgan fingerprint density at radius 1 is 1.35 bits per heavy atom. The molecule has 1 aromatic heterocycles. The van der Waals surface area contributed by atoms with Crippen LogP contribution in [-0.2, 0) is 11.3 Å². The topological polar surface area (TPSA) is 70.2 Å². The van der Waals surface area contributed by atoms with Gasteiger partial charge in [0.2, 0.25) is 5.91 Å². The molecule has 1 aromatic rings. The highest BCUT2D eigenvalue weighted by atomic mass is 16.2. The molecule has 2 heterocycles. The number of nitrogens with zero attached hydrogens (tertiary/aromatic N) is 3. The van der Waals surface area contributed by atoms with E-state index in [0.29, 0.717) is 18.8 Å². The molecular weight excluding hydrogens is 254 g/mol. The Hall–Kier alpha value is -1.53. The van der Waals surface area contributed by atoms with Crippen LogP contribution in [0.2, 0.25) is 0 Å². The van der Waals surface area contributed by atoms with Gasteiger partial charge in [0.15, 0.2) is 0 Å². The second kappa shape index (κ2) is 7.31. The van der Waals surface area contributed by atoms with Gasteiger partial charge in [-0.1, -0.05) is 6.92 Å². The fraction of sp³-hybridized carbons (Fsp3) is 0.643. The number of anilines is 1. The van der Waals surface area contributed by atoms with Crippen molar-refractivity contribution in [1.82, 2.24) is 20.2 Å². The van der Waals surface area contributed by atoms with Crippen molar-refractivity contribution in [2.75, 3.05) is 32.0 Å². The summed E-state index contributed by atoms with van der Waals surface area (Å²) in [5.74, 6) is 1.50. The maximum atomic E-state index is 12.0. The molecule has 6 nitrogen and oxygen atoms in total. The molecule has 0 saturated carbocycles. The normalized spacial score (nSPS) is 17.1. The van der Waals surface area contributed by atoms with Gasteiger partial charge in [-0.2, -0.15) is 0 Å². The van der Waals surface area contributed by atoms with E-state index >= 15 is 0 Å². The minimum atomic E-state index is 0.00418. The van der Waals surface area contributed by atoms with Crippen molar-refractivity contribution >= 4 is 11.6 Å². The Bertz CT molecular complexity index is 426. The molecule has 0 unspecified atom stereocenters. The van der Waals surface area contributed by atoms with Crippen LogP contribution in [0.25, 0.3) is 0 Å². The van der Waals surface area contributed by atoms with Gasteiger partial charge >= 0.3 is 0 Å². The second-order valence-electron chi connectivity index (χ2n) is 5.43. The van der Waals surface area contributed by atoms with Gasteiger partial charge < -0.3 is 10.6 Å². The lowest BCUT2D eigenvalue weighted by atomic mass is 9.99. The highest BCUT2D eigenvalue weighted by molar-refractivity contribution is 5.91. The average molecular weight is 277 g/mol. The summed E-state index contributed by atoms with van der Waals surface area (Å²) < 4.78 is 0. The van der Waals surface area contributed by atoms with Gasteiger partial charge in [-0.3, -0.25) is 9.69 Å². The zero-order valence-electron chi connectivity index (χ0n) is 12.2. The van der Waals surface area contributed by atoms with Crippen LogP contribution < -0.4 is 10.6 Å². The molecular formula is C14H23N5O. The minimum absolute atomic E-state index is 0.00418. The van der Waals surface area contributed by atoms with Crippen molar-refractivity contribution in [2.45, 2.75) is 26.3 Å². The van der Waals surface area contributed by atoms with Crippen molar-refractivity contribution in [3.63, 3.8) is 0 Å². The molecule has 20 heavy (non-hydrogen) atoms. The van der Waals surface area contributed by atoms with Crippen LogP contribution >= 0.6 is 0 Å². The minimum Gasteiger partial charge on any atom is -0.322 e. The lowest BCUT2D eigenvalue weighted by Crippen LogP contribution is -2.38. The zero-order chi connectivity index (χ0) is 14.4. The first-order chi connectivity index (χ1) is 9.67. The predicted octanol–water partition coefficient (Wildman–Crippen LogP) is 0.866. The molecule has 0 spiro atoms. The van der Waals surface area contributed by atoms with E-state index in [1.807, 2.05) is 7.05 Å². The van der Waals surface area contributed by atoms with Crippen molar-refractivity contribution in [2.24, 2.45) is 5.92 Å². The van der Waals surface area contributed by atoms with Gasteiger partial charge in [-0.15, -0.1) is 0 Å². The molecule has 0 aliphatic carbocycles. The first kappa shape index (κ1) is 14.9. The van der Waals surface area contributed by atoms with E-state index in [0.717, 1.165) is 24.8 Å². The highest BCUT2D eigenvalue weighted by Crippen LogP contribution is 2.15. The number of amides is 1. The third-order valence-electron chi connectivity index (χ3n) is 3.57. The molecule has 0 bridgehead atoms. The number of carbonyl (C=O) groups excluding carboxylic acids is 1. The quantitative estimate of drug-likeness (QED) is 0.835. The summed E-state index contributed by atoms with van der Waals surface area (Å²) in [4.78, 5) is 22.5. The average Bonchev–Trinajstić information content (AvgIpc) is 2.44. The number of hydrogen-bond acceptors (Lipinski definition) is 5. The van der Waals surface area contributed by atoms with Crippen LogP contribution in [0.4, 0.5) is 5.69 Å². The Balaban J connectivity index is 1.79. The molecule has 1 amide bonds. The summed E-state index contributed by atoms with van der Waals surface area (Å²) in [5.41, 5.74) is 0.653. The molecule has 110 valence electrons. The fourth-order valence-electron chi connectivity index (χ4n) is 2.29. The van der Waals surface area contributed by atoms with Crippen LogP contribution in [0.3, 0.4) is 0 Å². The maximum Gasteiger partial charge on any atom is 0.238 e. The number of hydrogen-bond donors (Lipinski definition) is 2. The molecule has 0 radical (unpaired) electrons. The predicted molar refractivity (Wildman–Crippen MR) is 78.3 cm³/mol. The van der Waals surface area contributed by atoms with Crippen LogP contribution in [-0.4, -0.2) is 47.5 Å². The largest absolute Gasteiger partial charge is 0.322 e. The Kier molecular flexibility index (Phi) is 5.43. The third kappa shape index (κ3) is 4.54. The first-order valence-corrected chi connectivity index (χ1v) is 7.15. The fourth-order valence-corrected chi connectivity index (χ4v) is 2.29. The Morgan fingerprint density at radius 2 is 2.00 bits per heavy atom. The number of aromatic nitrogens is 2. The number of rotatable bonds is 5. The summed E-state index contributed by atoms with van der Waals surface area (Å²) in [6.45, 7) is 5.35. The van der Waals surface area contributed by atoms with Crippen molar-refractivity contribution in [3.05, 3.63) is 18.2 Å². The monoisotopic (exact) mass is 277 g/mol. The molecule has 6 heteroatoms. The van der Waals surface area contributed by atoms with Gasteiger partial charge in [0.05, 0.1) is 31.2 Å². The Morgan fingerprint density at radius 3 is 2.60 bits per heavy atom. The van der Waals surface area contributed by atoms with Crippen molar-refractivity contribution < 1.29 is 4.79 Å². The van der Waals surface area contributed by atoms with E-state index in [4.69, 9.17) is 0 Å². The highest BCUT2D eigenvalue weighted by Gasteiger charge is 2.17. The third-order valence-corrected chi connectivity index (χ3v) is 3.57. The van der Waals surface area contributed by atoms with E-state index in [1.165, 1.54) is 12.8 Å². The summed E-state index contributed by atoms with van der Waals surface area (Å²) in [6.07, 6.45) is 5.65. The summed E-state index contributed by atoms with van der Waals surface area (Å²) in [7, 11) is 1.85. The lowest BCUT2D eigenvalue weighted by Gasteiger charge is -2.29. The van der Waals surface area contributed by atoms with Gasteiger partial charge in [-0.05, 0) is 38.9 Å². The van der Waals surface area contributed by atoms with E-state index in [1.54, 1.807) is 12.4 Å². The molecule has 1 saturated heterocycles. The second-order valence-corrected chi connectivity index (χ2v) is 5.43. The van der Waals surface area contributed by atoms with E-state index < -0.39 is 0 Å². The van der Waals surface area contributed by atoms with Gasteiger partial charge in [-0.25, -0.2) is 9.97 Å². The molecule has 1 aliphatic rings. The maximum absolute atomic E-state index is 12.0. The summed E-state index contributed by atoms with van der Waals surface area (Å²) in [5, 5.41) is 5.83. The van der Waals surface area contributed by atoms with Crippen molar-refractivity contribution in [1.29, 1.82) is 0 Å². The van der Waals surface area contributed by atoms with E-state index in [9.17, 15) is 4.79 Å². The standard InChI is InChI=1S/C14H23N5O/c1-11-3-5-19(6-4-11)10-14(20)18-12-7-16-13(9-15-2)17-8-12/h7-8,11,15H,3-6,9-10H2,1-2H3,(H,18,20). The van der Waals surface area contributed by atoms with Crippen LogP contribution in [0.1, 0.15) is 25.6 Å². The molecule has 0 atom stereocenters. The SMILES string of the molecule is CNCc1ncc(NC(=O)CN2CCC(C)CC2)cn1. The zero-order valence-corrected chi connectivity index (χ0v) is 12.2. The molecule has 2 rings (SSSR count). The van der Waals surface area contributed by atoms with Crippen LogP contribution in [0.15, 0.2) is 12.4 Å². The van der Waals surface area contributed by atoms with Gasteiger partial charge in [0.25, 0.3) is 0 Å².